The van der Waals surface area contributed by atoms with Gasteiger partial charge in [-0.1, -0.05) is 53.7 Å². The average molecular weight is 496 g/mol. The molecule has 7 nitrogen and oxygen atoms in total. The molecule has 36 heavy (non-hydrogen) atoms. The zero-order valence-electron chi connectivity index (χ0n) is 20.0. The van der Waals surface area contributed by atoms with Gasteiger partial charge in [-0.25, -0.2) is 9.67 Å². The van der Waals surface area contributed by atoms with Crippen molar-refractivity contribution in [1.82, 2.24) is 25.2 Å². The fourth-order valence-electron chi connectivity index (χ4n) is 3.89. The Hall–Kier alpha value is -4.17. The molecule has 0 aliphatic carbocycles. The number of carbonyl (C=O) groups excluding carboxylic acids is 1. The van der Waals surface area contributed by atoms with Crippen LogP contribution in [0.2, 0.25) is 0 Å². The molecule has 0 aliphatic rings. The van der Waals surface area contributed by atoms with E-state index in [1.54, 1.807) is 18.3 Å². The number of aryl methyl sites for hydroxylation is 2. The first-order chi connectivity index (χ1) is 17.6. The van der Waals surface area contributed by atoms with Crippen LogP contribution in [0.3, 0.4) is 0 Å². The summed E-state index contributed by atoms with van der Waals surface area (Å²) in [5.74, 6) is 1.22. The van der Waals surface area contributed by atoms with Crippen LogP contribution in [0.1, 0.15) is 32.9 Å². The van der Waals surface area contributed by atoms with Crippen molar-refractivity contribution in [3.63, 3.8) is 0 Å². The lowest BCUT2D eigenvalue weighted by molar-refractivity contribution is 0.0947. The molecule has 0 atom stereocenters. The van der Waals surface area contributed by atoms with E-state index in [0.29, 0.717) is 22.9 Å². The molecule has 180 valence electrons. The van der Waals surface area contributed by atoms with Crippen molar-refractivity contribution in [2.24, 2.45) is 0 Å². The molecule has 5 rings (SSSR count). The fraction of sp³-hybridized carbons (Fsp3) is 0.143. The second kappa shape index (κ2) is 10.6. The third-order valence-electron chi connectivity index (χ3n) is 5.85. The Morgan fingerprint density at radius 1 is 1.00 bits per heavy atom. The van der Waals surface area contributed by atoms with Gasteiger partial charge in [-0.2, -0.15) is 5.10 Å². The minimum absolute atomic E-state index is 0.184. The fourth-order valence-corrected chi connectivity index (χ4v) is 5.03. The lowest BCUT2D eigenvalue weighted by Crippen LogP contribution is -2.23. The van der Waals surface area contributed by atoms with Crippen LogP contribution in [0.15, 0.2) is 94.7 Å². The largest absolute Gasteiger partial charge is 0.361 e. The number of rotatable bonds is 8. The van der Waals surface area contributed by atoms with Gasteiger partial charge in [0.15, 0.2) is 0 Å². The second-order valence-corrected chi connectivity index (χ2v) is 9.24. The van der Waals surface area contributed by atoms with Gasteiger partial charge in [0.2, 0.25) is 0 Å². The van der Waals surface area contributed by atoms with Crippen molar-refractivity contribution in [1.29, 1.82) is 0 Å². The normalized spacial score (nSPS) is 10.9. The Labute approximate surface area is 213 Å². The van der Waals surface area contributed by atoms with Crippen LogP contribution in [0.5, 0.6) is 0 Å². The number of pyridine rings is 1. The SMILES string of the molecule is Cc1noc(C)c1CSc1ncccc1C(=O)NCc1cn(-c2ccccc2)nc1-c1ccccc1. The minimum atomic E-state index is -0.184. The highest BCUT2D eigenvalue weighted by molar-refractivity contribution is 7.98. The molecular formula is C28H25N5O2S. The number of thioether (sulfide) groups is 1. The zero-order chi connectivity index (χ0) is 24.9. The molecule has 8 heteroatoms. The van der Waals surface area contributed by atoms with Gasteiger partial charge < -0.3 is 9.84 Å². The highest BCUT2D eigenvalue weighted by Gasteiger charge is 2.17. The van der Waals surface area contributed by atoms with E-state index < -0.39 is 0 Å². The summed E-state index contributed by atoms with van der Waals surface area (Å²) in [6.45, 7) is 4.14. The summed E-state index contributed by atoms with van der Waals surface area (Å²) in [7, 11) is 0. The summed E-state index contributed by atoms with van der Waals surface area (Å²) >= 11 is 1.50. The molecule has 5 aromatic rings. The molecular weight excluding hydrogens is 470 g/mol. The van der Waals surface area contributed by atoms with E-state index in [2.05, 4.69) is 15.5 Å². The maximum absolute atomic E-state index is 13.2. The Balaban J connectivity index is 1.36. The van der Waals surface area contributed by atoms with Crippen molar-refractivity contribution in [2.75, 3.05) is 0 Å². The van der Waals surface area contributed by atoms with Crippen molar-refractivity contribution < 1.29 is 9.32 Å². The number of nitrogens with zero attached hydrogens (tertiary/aromatic N) is 4. The van der Waals surface area contributed by atoms with Crippen molar-refractivity contribution >= 4 is 17.7 Å². The number of hydrogen-bond donors (Lipinski definition) is 1. The van der Waals surface area contributed by atoms with Gasteiger partial charge in [-0.05, 0) is 38.1 Å². The second-order valence-electron chi connectivity index (χ2n) is 8.28. The van der Waals surface area contributed by atoms with Crippen molar-refractivity contribution in [3.05, 3.63) is 113 Å². The first kappa shape index (κ1) is 23.6. The number of para-hydroxylation sites is 1. The number of amides is 1. The molecule has 0 spiro atoms. The summed E-state index contributed by atoms with van der Waals surface area (Å²) < 4.78 is 7.11. The summed E-state index contributed by atoms with van der Waals surface area (Å²) in [5, 5.41) is 12.6. The van der Waals surface area contributed by atoms with Gasteiger partial charge in [0.05, 0.1) is 22.6 Å². The number of hydrogen-bond acceptors (Lipinski definition) is 6. The van der Waals surface area contributed by atoms with E-state index in [1.807, 2.05) is 85.4 Å². The Kier molecular flexibility index (Phi) is 6.95. The molecule has 3 aromatic heterocycles. The summed E-state index contributed by atoms with van der Waals surface area (Å²) in [6.07, 6.45) is 3.66. The number of aromatic nitrogens is 4. The van der Waals surface area contributed by atoms with Crippen LogP contribution in [0.4, 0.5) is 0 Å². The first-order valence-corrected chi connectivity index (χ1v) is 12.6. The molecule has 0 radical (unpaired) electrons. The number of benzene rings is 2. The number of nitrogens with one attached hydrogen (secondary N) is 1. The van der Waals surface area contributed by atoms with E-state index in [9.17, 15) is 4.79 Å². The van der Waals surface area contributed by atoms with Crippen LogP contribution >= 0.6 is 11.8 Å². The monoisotopic (exact) mass is 495 g/mol. The Bertz CT molecular complexity index is 1460. The summed E-state index contributed by atoms with van der Waals surface area (Å²) in [6, 6.07) is 23.5. The maximum Gasteiger partial charge on any atom is 0.254 e. The third-order valence-corrected chi connectivity index (χ3v) is 6.88. The molecule has 0 unspecified atom stereocenters. The van der Waals surface area contributed by atoms with E-state index in [4.69, 9.17) is 9.62 Å². The molecule has 0 bridgehead atoms. The standard InChI is InChI=1S/C28H25N5O2S/c1-19-25(20(2)35-32-19)18-36-28-24(14-9-15-29-28)27(34)30-16-22-17-33(23-12-7-4-8-13-23)31-26(22)21-10-5-3-6-11-21/h3-15,17H,16,18H2,1-2H3,(H,30,34). The lowest BCUT2D eigenvalue weighted by Gasteiger charge is -2.09. The van der Waals surface area contributed by atoms with Gasteiger partial charge in [-0.3, -0.25) is 4.79 Å². The predicted molar refractivity (Wildman–Crippen MR) is 140 cm³/mol. The Morgan fingerprint density at radius 3 is 2.47 bits per heavy atom. The van der Waals surface area contributed by atoms with E-state index >= 15 is 0 Å². The quantitative estimate of drug-likeness (QED) is 0.275. The van der Waals surface area contributed by atoms with Gasteiger partial charge in [0.25, 0.3) is 5.91 Å². The molecule has 0 aliphatic heterocycles. The van der Waals surface area contributed by atoms with Gasteiger partial charge in [0.1, 0.15) is 10.8 Å². The molecule has 0 saturated heterocycles. The van der Waals surface area contributed by atoms with Crippen LogP contribution in [0.25, 0.3) is 16.9 Å². The highest BCUT2D eigenvalue weighted by atomic mass is 32.2. The third kappa shape index (κ3) is 5.08. The number of carbonyl (C=O) groups is 1. The van der Waals surface area contributed by atoms with Crippen molar-refractivity contribution in [3.8, 4) is 16.9 Å². The summed E-state index contributed by atoms with van der Waals surface area (Å²) in [5.41, 5.74) is 6.12. The lowest BCUT2D eigenvalue weighted by atomic mass is 10.1. The maximum atomic E-state index is 13.2. The van der Waals surface area contributed by atoms with Crippen molar-refractivity contribution in [2.45, 2.75) is 31.2 Å². The van der Waals surface area contributed by atoms with Crippen LogP contribution < -0.4 is 5.32 Å². The Morgan fingerprint density at radius 2 is 1.75 bits per heavy atom. The van der Waals surface area contributed by atoms with Gasteiger partial charge in [0, 0.05) is 41.4 Å². The molecule has 0 saturated carbocycles. The molecule has 3 heterocycles. The topological polar surface area (TPSA) is 85.8 Å². The van der Waals surface area contributed by atoms with E-state index in [-0.39, 0.29) is 5.91 Å². The molecule has 1 N–H and O–H groups in total. The minimum Gasteiger partial charge on any atom is -0.361 e. The van der Waals surface area contributed by atoms with Crippen LogP contribution in [-0.2, 0) is 12.3 Å². The smallest absolute Gasteiger partial charge is 0.254 e. The van der Waals surface area contributed by atoms with E-state index in [0.717, 1.165) is 39.5 Å². The van der Waals surface area contributed by atoms with Gasteiger partial charge >= 0.3 is 0 Å². The molecule has 1 amide bonds. The first-order valence-electron chi connectivity index (χ1n) is 11.6. The zero-order valence-corrected chi connectivity index (χ0v) is 20.8. The average Bonchev–Trinajstić information content (AvgIpc) is 3.50. The van der Waals surface area contributed by atoms with Gasteiger partial charge in [-0.15, -0.1) is 11.8 Å². The van der Waals surface area contributed by atoms with Crippen LogP contribution in [-0.4, -0.2) is 25.8 Å². The highest BCUT2D eigenvalue weighted by Crippen LogP contribution is 2.28. The molecule has 2 aromatic carbocycles. The van der Waals surface area contributed by atoms with E-state index in [1.165, 1.54) is 11.8 Å². The summed E-state index contributed by atoms with van der Waals surface area (Å²) in [4.78, 5) is 17.7. The predicted octanol–water partition coefficient (Wildman–Crippen LogP) is 5.76. The molecule has 0 fully saturated rings. The van der Waals surface area contributed by atoms with Crippen LogP contribution in [0, 0.1) is 13.8 Å².